The van der Waals surface area contributed by atoms with E-state index >= 15 is 0 Å². The summed E-state index contributed by atoms with van der Waals surface area (Å²) in [6.45, 7) is 8.47. The maximum absolute atomic E-state index is 10.5. The molecule has 0 radical (unpaired) electrons. The molecule has 24 heavy (non-hydrogen) atoms. The van der Waals surface area contributed by atoms with Crippen LogP contribution in [0.5, 0.6) is 0 Å². The Morgan fingerprint density at radius 3 is 2.67 bits per heavy atom. The summed E-state index contributed by atoms with van der Waals surface area (Å²) in [5.74, 6) is 0. The summed E-state index contributed by atoms with van der Waals surface area (Å²) >= 11 is 0. The van der Waals surface area contributed by atoms with Crippen LogP contribution in [0.2, 0.25) is 0 Å². The molecular formula is C18H29N5O. The van der Waals surface area contributed by atoms with Crippen LogP contribution in [0.25, 0.3) is 0 Å². The third-order valence-corrected chi connectivity index (χ3v) is 4.81. The number of rotatable bonds is 5. The molecule has 132 valence electrons. The molecule has 1 saturated heterocycles. The Labute approximate surface area is 144 Å². The predicted molar refractivity (Wildman–Crippen MR) is 93.4 cm³/mol. The van der Waals surface area contributed by atoms with Crippen molar-refractivity contribution in [2.45, 2.75) is 64.3 Å². The van der Waals surface area contributed by atoms with Gasteiger partial charge in [0.1, 0.15) is 0 Å². The van der Waals surface area contributed by atoms with E-state index in [2.05, 4.69) is 42.1 Å². The molecule has 1 N–H and O–H groups in total. The monoisotopic (exact) mass is 331 g/mol. The van der Waals surface area contributed by atoms with Gasteiger partial charge in [0.2, 0.25) is 0 Å². The van der Waals surface area contributed by atoms with E-state index in [0.29, 0.717) is 6.04 Å². The van der Waals surface area contributed by atoms with E-state index in [1.807, 2.05) is 24.1 Å². The van der Waals surface area contributed by atoms with Gasteiger partial charge in [-0.2, -0.15) is 10.2 Å². The van der Waals surface area contributed by atoms with Gasteiger partial charge in [-0.25, -0.2) is 0 Å². The highest BCUT2D eigenvalue weighted by Gasteiger charge is 2.28. The summed E-state index contributed by atoms with van der Waals surface area (Å²) in [5.41, 5.74) is 2.16. The molecule has 1 aliphatic rings. The van der Waals surface area contributed by atoms with Gasteiger partial charge in [0.25, 0.3) is 0 Å². The summed E-state index contributed by atoms with van der Waals surface area (Å²) in [4.78, 5) is 2.48. The van der Waals surface area contributed by atoms with Gasteiger partial charge in [-0.1, -0.05) is 0 Å². The van der Waals surface area contributed by atoms with Crippen molar-refractivity contribution in [2.24, 2.45) is 7.05 Å². The molecular weight excluding hydrogens is 302 g/mol. The minimum Gasteiger partial charge on any atom is -0.388 e. The van der Waals surface area contributed by atoms with Gasteiger partial charge in [0.15, 0.2) is 0 Å². The second-order valence-corrected chi connectivity index (χ2v) is 7.93. The lowest BCUT2D eigenvalue weighted by atomic mass is 10.0. The molecule has 2 aromatic rings. The molecule has 2 unspecified atom stereocenters. The van der Waals surface area contributed by atoms with Gasteiger partial charge in [-0.05, 0) is 46.6 Å². The third-order valence-electron chi connectivity index (χ3n) is 4.81. The summed E-state index contributed by atoms with van der Waals surface area (Å²) in [6.07, 6.45) is 10.4. The highest BCUT2D eigenvalue weighted by atomic mass is 16.3. The summed E-state index contributed by atoms with van der Waals surface area (Å²) in [6, 6.07) is 0.415. The summed E-state index contributed by atoms with van der Waals surface area (Å²) in [5, 5.41) is 19.1. The summed E-state index contributed by atoms with van der Waals surface area (Å²) in [7, 11) is 1.88. The summed E-state index contributed by atoms with van der Waals surface area (Å²) < 4.78 is 3.77. The Bertz CT molecular complexity index is 669. The minimum absolute atomic E-state index is 0.0131. The Kier molecular flexibility index (Phi) is 4.78. The van der Waals surface area contributed by atoms with Crippen molar-refractivity contribution in [1.82, 2.24) is 24.5 Å². The van der Waals surface area contributed by atoms with Crippen molar-refractivity contribution >= 4 is 0 Å². The first-order valence-electron chi connectivity index (χ1n) is 8.77. The van der Waals surface area contributed by atoms with E-state index < -0.39 is 6.10 Å². The highest BCUT2D eigenvalue weighted by Crippen LogP contribution is 2.28. The standard InChI is InChI=1S/C18H29N5O/c1-18(2,3)23-12-14(9-20-23)11-22-7-5-6-16(22)8-17(24)15-10-19-21(4)13-15/h9-10,12-13,16-17,24H,5-8,11H2,1-4H3. The number of aryl methyl sites for hydroxylation is 1. The van der Waals surface area contributed by atoms with Gasteiger partial charge < -0.3 is 5.11 Å². The molecule has 1 fully saturated rings. The number of hydrogen-bond donors (Lipinski definition) is 1. The first-order valence-corrected chi connectivity index (χ1v) is 8.77. The molecule has 3 rings (SSSR count). The van der Waals surface area contributed by atoms with Crippen molar-refractivity contribution in [3.05, 3.63) is 35.9 Å². The quantitative estimate of drug-likeness (QED) is 0.914. The van der Waals surface area contributed by atoms with Crippen LogP contribution in [0.1, 0.15) is 57.3 Å². The Morgan fingerprint density at radius 2 is 2.04 bits per heavy atom. The number of likely N-dealkylation sites (tertiary alicyclic amines) is 1. The zero-order chi connectivity index (χ0) is 17.3. The lowest BCUT2D eigenvalue weighted by molar-refractivity contribution is 0.118. The highest BCUT2D eigenvalue weighted by molar-refractivity contribution is 5.09. The van der Waals surface area contributed by atoms with Gasteiger partial charge in [0, 0.05) is 43.2 Å². The number of hydrogen-bond acceptors (Lipinski definition) is 4. The van der Waals surface area contributed by atoms with Crippen molar-refractivity contribution in [3.8, 4) is 0 Å². The van der Waals surface area contributed by atoms with Crippen molar-refractivity contribution in [1.29, 1.82) is 0 Å². The first-order chi connectivity index (χ1) is 11.3. The first kappa shape index (κ1) is 17.2. The lowest BCUT2D eigenvalue weighted by Gasteiger charge is -2.25. The zero-order valence-corrected chi connectivity index (χ0v) is 15.2. The zero-order valence-electron chi connectivity index (χ0n) is 15.2. The van der Waals surface area contributed by atoms with Crippen LogP contribution in [0.4, 0.5) is 0 Å². The van der Waals surface area contributed by atoms with Gasteiger partial charge in [-0.3, -0.25) is 14.3 Å². The predicted octanol–water partition coefficient (Wildman–Crippen LogP) is 2.46. The fraction of sp³-hybridized carbons (Fsp3) is 0.667. The van der Waals surface area contributed by atoms with Gasteiger partial charge in [0.05, 0.1) is 24.0 Å². The molecule has 3 heterocycles. The SMILES string of the molecule is Cn1cc(C(O)CC2CCCN2Cc2cnn(C(C)(C)C)c2)cn1. The van der Waals surface area contributed by atoms with E-state index in [-0.39, 0.29) is 5.54 Å². The fourth-order valence-corrected chi connectivity index (χ4v) is 3.42. The van der Waals surface area contributed by atoms with Gasteiger partial charge >= 0.3 is 0 Å². The molecule has 0 aliphatic carbocycles. The Hall–Kier alpha value is -1.66. The number of aromatic nitrogens is 4. The molecule has 0 saturated carbocycles. The van der Waals surface area contributed by atoms with Crippen molar-refractivity contribution < 1.29 is 5.11 Å². The van der Waals surface area contributed by atoms with Crippen LogP contribution >= 0.6 is 0 Å². The molecule has 0 aromatic carbocycles. The van der Waals surface area contributed by atoms with Crippen LogP contribution in [0, 0.1) is 0 Å². The fourth-order valence-electron chi connectivity index (χ4n) is 3.42. The second-order valence-electron chi connectivity index (χ2n) is 7.93. The molecule has 6 heteroatoms. The number of nitrogens with zero attached hydrogens (tertiary/aromatic N) is 5. The van der Waals surface area contributed by atoms with E-state index in [9.17, 15) is 5.11 Å². The molecule has 6 nitrogen and oxygen atoms in total. The Morgan fingerprint density at radius 1 is 1.25 bits per heavy atom. The number of aliphatic hydroxyl groups excluding tert-OH is 1. The maximum atomic E-state index is 10.5. The van der Waals surface area contributed by atoms with Gasteiger partial charge in [-0.15, -0.1) is 0 Å². The molecule has 0 amide bonds. The smallest absolute Gasteiger partial charge is 0.0835 e. The van der Waals surface area contributed by atoms with Crippen molar-refractivity contribution in [3.63, 3.8) is 0 Å². The maximum Gasteiger partial charge on any atom is 0.0835 e. The largest absolute Gasteiger partial charge is 0.388 e. The second kappa shape index (κ2) is 6.69. The lowest BCUT2D eigenvalue weighted by Crippen LogP contribution is -2.30. The van der Waals surface area contributed by atoms with Crippen LogP contribution in [-0.2, 0) is 19.1 Å². The molecule has 0 bridgehead atoms. The third kappa shape index (κ3) is 3.87. The average Bonchev–Trinajstić information content (AvgIpc) is 3.21. The normalized spacial score (nSPS) is 20.6. The molecule has 2 aromatic heterocycles. The van der Waals surface area contributed by atoms with E-state index in [1.165, 1.54) is 12.0 Å². The van der Waals surface area contributed by atoms with E-state index in [0.717, 1.165) is 31.5 Å². The topological polar surface area (TPSA) is 59.1 Å². The van der Waals surface area contributed by atoms with E-state index in [4.69, 9.17) is 0 Å². The molecule has 2 atom stereocenters. The van der Waals surface area contributed by atoms with Crippen LogP contribution in [0.3, 0.4) is 0 Å². The van der Waals surface area contributed by atoms with Crippen LogP contribution < -0.4 is 0 Å². The van der Waals surface area contributed by atoms with E-state index in [1.54, 1.807) is 10.9 Å². The minimum atomic E-state index is -0.443. The molecule has 0 spiro atoms. The van der Waals surface area contributed by atoms with Crippen molar-refractivity contribution in [2.75, 3.05) is 6.54 Å². The Balaban J connectivity index is 1.62. The van der Waals surface area contributed by atoms with Crippen LogP contribution in [0.15, 0.2) is 24.8 Å². The molecule has 1 aliphatic heterocycles. The average molecular weight is 331 g/mol. The van der Waals surface area contributed by atoms with Crippen LogP contribution in [-0.4, -0.2) is 42.2 Å². The number of aliphatic hydroxyl groups is 1.